The van der Waals surface area contributed by atoms with Crippen LogP contribution in [0.15, 0.2) is 17.5 Å². The Morgan fingerprint density at radius 2 is 1.48 bits per heavy atom. The highest BCUT2D eigenvalue weighted by atomic mass is 28.4. The lowest BCUT2D eigenvalue weighted by Gasteiger charge is -2.24. The monoisotopic (exact) mass is 321 g/mol. The van der Waals surface area contributed by atoms with Gasteiger partial charge in [0.15, 0.2) is 0 Å². The molecule has 7 nitrogen and oxygen atoms in total. The van der Waals surface area contributed by atoms with Gasteiger partial charge in [-0.1, -0.05) is 6.58 Å². The maximum absolute atomic E-state index is 5.61. The van der Waals surface area contributed by atoms with Gasteiger partial charge in [-0.25, -0.2) is 0 Å². The van der Waals surface area contributed by atoms with Crippen molar-refractivity contribution in [1.82, 2.24) is 0 Å². The summed E-state index contributed by atoms with van der Waals surface area (Å²) in [7, 11) is -3.19. The summed E-state index contributed by atoms with van der Waals surface area (Å²) in [5.41, 5.74) is 0. The number of nitrogens with zero attached hydrogens (tertiary/aromatic N) is 1. The summed E-state index contributed by atoms with van der Waals surface area (Å²) in [6.07, 6.45) is 1.44. The second-order valence-corrected chi connectivity index (χ2v) is 5.66. The van der Waals surface area contributed by atoms with Gasteiger partial charge >= 0.3 is 15.0 Å². The minimum Gasteiger partial charge on any atom is -0.498 e. The lowest BCUT2D eigenvalue weighted by atomic mass is 10.8. The molecule has 0 N–H and O–H groups in total. The third-order valence-corrected chi connectivity index (χ3v) is 4.44. The average molecular weight is 321 g/mol. The lowest BCUT2D eigenvalue weighted by molar-refractivity contribution is 0.0677. The summed E-state index contributed by atoms with van der Waals surface area (Å²) in [5, 5.41) is 0. The van der Waals surface area contributed by atoms with Crippen molar-refractivity contribution < 1.29 is 27.5 Å². The van der Waals surface area contributed by atoms with E-state index in [0.29, 0.717) is 33.0 Å². The zero-order valence-corrected chi connectivity index (χ0v) is 14.4. The Balaban J connectivity index is 4.94. The fraction of sp³-hybridized carbons (Fsp3) is 0.769. The van der Waals surface area contributed by atoms with Crippen molar-refractivity contribution in [2.45, 2.75) is 27.7 Å². The molecule has 0 heterocycles. The van der Waals surface area contributed by atoms with Crippen LogP contribution in [0, 0.1) is 0 Å². The quantitative estimate of drug-likeness (QED) is 0.180. The summed E-state index contributed by atoms with van der Waals surface area (Å²) in [5.74, 6) is 0. The van der Waals surface area contributed by atoms with Crippen molar-refractivity contribution >= 4 is 15.0 Å². The van der Waals surface area contributed by atoms with Gasteiger partial charge in [0.2, 0.25) is 0 Å². The van der Waals surface area contributed by atoms with Gasteiger partial charge in [-0.2, -0.15) is 4.66 Å². The standard InChI is InChI=1S/C13H27NO6Si/c1-6-15-11-12-17-13(16-7-2)14-21(18-8-3,19-9-4)20-10-5/h6H,1,7-12H2,2-5H3. The minimum atomic E-state index is -3.19. The van der Waals surface area contributed by atoms with Crippen LogP contribution in [0.25, 0.3) is 0 Å². The van der Waals surface area contributed by atoms with Crippen molar-refractivity contribution in [3.63, 3.8) is 0 Å². The zero-order valence-electron chi connectivity index (χ0n) is 13.4. The molecule has 0 rings (SSSR count). The molecule has 21 heavy (non-hydrogen) atoms. The molecule has 0 aromatic rings. The van der Waals surface area contributed by atoms with Gasteiger partial charge in [0.05, 0.1) is 12.9 Å². The zero-order chi connectivity index (χ0) is 16.0. The molecule has 8 heteroatoms. The lowest BCUT2D eigenvalue weighted by Crippen LogP contribution is -2.46. The normalized spacial score (nSPS) is 12.1. The summed E-state index contributed by atoms with van der Waals surface area (Å²) in [6.45, 7) is 13.2. The number of rotatable bonds is 12. The van der Waals surface area contributed by atoms with E-state index in [1.165, 1.54) is 6.26 Å². The molecular formula is C13H27NO6Si. The Hall–Kier alpha value is -1.09. The smallest absolute Gasteiger partial charge is 0.498 e. The Kier molecular flexibility index (Phi) is 12.0. The van der Waals surface area contributed by atoms with Crippen molar-refractivity contribution in [3.05, 3.63) is 12.8 Å². The molecule has 0 atom stereocenters. The molecule has 0 unspecified atom stereocenters. The van der Waals surface area contributed by atoms with Crippen molar-refractivity contribution in [3.8, 4) is 0 Å². The molecule has 0 spiro atoms. The van der Waals surface area contributed by atoms with Gasteiger partial charge in [0.1, 0.15) is 13.2 Å². The van der Waals surface area contributed by atoms with Crippen molar-refractivity contribution in [1.29, 1.82) is 0 Å². The van der Waals surface area contributed by atoms with Crippen LogP contribution in [0.4, 0.5) is 0 Å². The van der Waals surface area contributed by atoms with E-state index in [1.807, 2.05) is 27.7 Å². The molecule has 0 amide bonds. The fourth-order valence-electron chi connectivity index (χ4n) is 1.37. The van der Waals surface area contributed by atoms with Crippen LogP contribution in [0.3, 0.4) is 0 Å². The highest BCUT2D eigenvalue weighted by Crippen LogP contribution is 2.13. The van der Waals surface area contributed by atoms with Crippen LogP contribution < -0.4 is 0 Å². The van der Waals surface area contributed by atoms with E-state index in [9.17, 15) is 0 Å². The van der Waals surface area contributed by atoms with E-state index in [1.54, 1.807) is 0 Å². The van der Waals surface area contributed by atoms with Gasteiger partial charge in [0.25, 0.3) is 0 Å². The molecule has 0 aliphatic rings. The van der Waals surface area contributed by atoms with Crippen LogP contribution in [-0.2, 0) is 27.5 Å². The van der Waals surface area contributed by atoms with Crippen LogP contribution in [0.2, 0.25) is 0 Å². The van der Waals surface area contributed by atoms with Gasteiger partial charge in [-0.15, -0.1) is 0 Å². The van der Waals surface area contributed by atoms with Gasteiger partial charge < -0.3 is 27.5 Å². The first-order valence-electron chi connectivity index (χ1n) is 7.17. The van der Waals surface area contributed by atoms with E-state index in [0.717, 1.165) is 0 Å². The SMILES string of the molecule is C=COCCOC(=N[Si](OCC)(OCC)OCC)OCC. The highest BCUT2D eigenvalue weighted by molar-refractivity contribution is 6.60. The van der Waals surface area contributed by atoms with E-state index >= 15 is 0 Å². The predicted molar refractivity (Wildman–Crippen MR) is 81.8 cm³/mol. The molecule has 0 aliphatic heterocycles. The first-order chi connectivity index (χ1) is 10.2. The van der Waals surface area contributed by atoms with Crippen LogP contribution in [0.1, 0.15) is 27.7 Å². The van der Waals surface area contributed by atoms with Crippen molar-refractivity contribution in [2.24, 2.45) is 4.66 Å². The Morgan fingerprint density at radius 1 is 0.905 bits per heavy atom. The van der Waals surface area contributed by atoms with Gasteiger partial charge in [-0.05, 0) is 27.7 Å². The van der Waals surface area contributed by atoms with E-state index in [4.69, 9.17) is 27.5 Å². The summed E-state index contributed by atoms with van der Waals surface area (Å²) < 4.78 is 36.9. The summed E-state index contributed by atoms with van der Waals surface area (Å²) >= 11 is 0. The molecule has 0 radical (unpaired) electrons. The largest absolute Gasteiger partial charge is 0.658 e. The summed E-state index contributed by atoms with van der Waals surface area (Å²) in [6, 6.07) is 0. The Morgan fingerprint density at radius 3 is 1.90 bits per heavy atom. The van der Waals surface area contributed by atoms with E-state index in [2.05, 4.69) is 11.2 Å². The number of ether oxygens (including phenoxy) is 3. The molecule has 0 fully saturated rings. The molecule has 124 valence electrons. The van der Waals surface area contributed by atoms with Crippen LogP contribution in [-0.4, -0.2) is 54.7 Å². The second-order valence-electron chi connectivity index (χ2n) is 3.52. The van der Waals surface area contributed by atoms with E-state index < -0.39 is 8.97 Å². The molecule has 0 saturated carbocycles. The predicted octanol–water partition coefficient (Wildman–Crippen LogP) is 2.10. The average Bonchev–Trinajstić information content (AvgIpc) is 2.44. The topological polar surface area (TPSA) is 67.7 Å². The summed E-state index contributed by atoms with van der Waals surface area (Å²) in [4.78, 5) is 0. The molecule has 0 bridgehead atoms. The second kappa shape index (κ2) is 12.6. The molecule has 0 aromatic carbocycles. The Bertz CT molecular complexity index is 283. The number of hydrogen-bond donors (Lipinski definition) is 0. The maximum Gasteiger partial charge on any atom is 0.658 e. The third kappa shape index (κ3) is 8.71. The van der Waals surface area contributed by atoms with Crippen LogP contribution >= 0.6 is 0 Å². The highest BCUT2D eigenvalue weighted by Gasteiger charge is 2.44. The van der Waals surface area contributed by atoms with Gasteiger partial charge in [-0.3, -0.25) is 0 Å². The minimum absolute atomic E-state index is 0.0900. The first-order valence-corrected chi connectivity index (χ1v) is 8.84. The van der Waals surface area contributed by atoms with Crippen molar-refractivity contribution in [2.75, 3.05) is 39.6 Å². The third-order valence-electron chi connectivity index (χ3n) is 2.02. The first kappa shape index (κ1) is 19.9. The van der Waals surface area contributed by atoms with Crippen LogP contribution in [0.5, 0.6) is 0 Å². The molecule has 0 aliphatic carbocycles. The number of hydrogen-bond acceptors (Lipinski definition) is 7. The van der Waals surface area contributed by atoms with Gasteiger partial charge in [0, 0.05) is 19.8 Å². The molecule has 0 saturated heterocycles. The maximum atomic E-state index is 5.61. The Labute approximate surface area is 128 Å². The molecular weight excluding hydrogens is 294 g/mol. The fourth-order valence-corrected chi connectivity index (χ4v) is 3.26. The molecule has 0 aromatic heterocycles. The van der Waals surface area contributed by atoms with E-state index in [-0.39, 0.29) is 12.7 Å².